The van der Waals surface area contributed by atoms with E-state index < -0.39 is 16.4 Å². The quantitative estimate of drug-likeness (QED) is 0.444. The fourth-order valence-corrected chi connectivity index (χ4v) is 3.77. The number of thioether (sulfide) groups is 1. The minimum Gasteiger partial charge on any atom is -0.493 e. The van der Waals surface area contributed by atoms with Gasteiger partial charge in [0.2, 0.25) is 0 Å². The maximum absolute atomic E-state index is 9.43. The lowest BCUT2D eigenvalue weighted by atomic mass is 9.91. The zero-order chi connectivity index (χ0) is 19.1. The molecule has 26 heavy (non-hydrogen) atoms. The van der Waals surface area contributed by atoms with Crippen molar-refractivity contribution in [1.29, 1.82) is 0 Å². The number of rotatable bonds is 11. The van der Waals surface area contributed by atoms with Gasteiger partial charge in [-0.05, 0) is 13.3 Å². The average molecular weight is 393 g/mol. The molecule has 8 heteroatoms. The van der Waals surface area contributed by atoms with E-state index in [4.69, 9.17) is 24.1 Å². The Kier molecular flexibility index (Phi) is 8.21. The second-order valence-electron chi connectivity index (χ2n) is 7.85. The van der Waals surface area contributed by atoms with Crippen LogP contribution < -0.4 is 0 Å². The summed E-state index contributed by atoms with van der Waals surface area (Å²) in [5.41, 5.74) is -1.60. The van der Waals surface area contributed by atoms with Gasteiger partial charge in [-0.15, -0.1) is 11.8 Å². The third-order valence-corrected chi connectivity index (χ3v) is 5.88. The molecule has 0 aliphatic carbocycles. The molecule has 0 aromatic heterocycles. The molecule has 152 valence electrons. The van der Waals surface area contributed by atoms with Gasteiger partial charge in [0.25, 0.3) is 0 Å². The van der Waals surface area contributed by atoms with Crippen LogP contribution >= 0.6 is 11.8 Å². The normalized spacial score (nSPS) is 29.0. The molecule has 0 spiro atoms. The molecule has 2 rings (SSSR count). The fourth-order valence-electron chi connectivity index (χ4n) is 2.68. The van der Waals surface area contributed by atoms with Crippen molar-refractivity contribution in [2.45, 2.75) is 25.9 Å². The molecule has 0 bridgehead atoms. The van der Waals surface area contributed by atoms with E-state index in [1.165, 1.54) is 0 Å². The number of hydrogen-bond donors (Lipinski definition) is 3. The van der Waals surface area contributed by atoms with Gasteiger partial charge in [-0.1, -0.05) is 6.92 Å². The zero-order valence-corrected chi connectivity index (χ0v) is 16.6. The van der Waals surface area contributed by atoms with Crippen LogP contribution in [-0.4, -0.2) is 86.1 Å². The van der Waals surface area contributed by atoms with Crippen molar-refractivity contribution in [2.24, 2.45) is 10.8 Å². The lowest BCUT2D eigenvalue weighted by Gasteiger charge is -2.33. The molecule has 0 saturated carbocycles. The highest BCUT2D eigenvalue weighted by atomic mass is 32.2. The lowest BCUT2D eigenvalue weighted by molar-refractivity contribution is -0.109. The molecule has 2 unspecified atom stereocenters. The molecule has 2 atom stereocenters. The number of ether oxygens (including phenoxy) is 4. The second kappa shape index (κ2) is 9.73. The van der Waals surface area contributed by atoms with Gasteiger partial charge in [0.05, 0.1) is 45.1 Å². The van der Waals surface area contributed by atoms with Crippen molar-refractivity contribution in [2.75, 3.05) is 65.2 Å². The largest absolute Gasteiger partial charge is 0.493 e. The Labute approximate surface area is 159 Å². The predicted octanol–water partition coefficient (Wildman–Crippen LogP) is 0.773. The van der Waals surface area contributed by atoms with E-state index in [9.17, 15) is 10.2 Å². The van der Waals surface area contributed by atoms with Crippen LogP contribution in [0.2, 0.25) is 0 Å². The van der Waals surface area contributed by atoms with Crippen LogP contribution in [0.5, 0.6) is 0 Å². The van der Waals surface area contributed by atoms with Gasteiger partial charge in [-0.3, -0.25) is 0 Å². The van der Waals surface area contributed by atoms with Crippen LogP contribution in [0.3, 0.4) is 0 Å². The number of aliphatic hydroxyl groups is 3. The first-order valence-electron chi connectivity index (χ1n) is 8.98. The van der Waals surface area contributed by atoms with Gasteiger partial charge in [0.15, 0.2) is 0 Å². The first kappa shape index (κ1) is 21.9. The van der Waals surface area contributed by atoms with Crippen molar-refractivity contribution >= 4 is 11.8 Å². The summed E-state index contributed by atoms with van der Waals surface area (Å²) in [5, 5.41) is 29.8. The van der Waals surface area contributed by atoms with Gasteiger partial charge in [0, 0.05) is 29.8 Å². The summed E-state index contributed by atoms with van der Waals surface area (Å²) < 4.78 is 23.8. The van der Waals surface area contributed by atoms with E-state index in [2.05, 4.69) is 0 Å². The highest BCUT2D eigenvalue weighted by Crippen LogP contribution is 2.41. The van der Waals surface area contributed by atoms with Crippen molar-refractivity contribution in [1.82, 2.24) is 0 Å². The van der Waals surface area contributed by atoms with Crippen molar-refractivity contribution in [3.8, 4) is 0 Å². The van der Waals surface area contributed by atoms with Crippen LogP contribution in [0.1, 0.15) is 20.3 Å². The lowest BCUT2D eigenvalue weighted by Crippen LogP contribution is -2.43. The molecule has 2 heterocycles. The average Bonchev–Trinajstić information content (AvgIpc) is 2.96. The number of fused-ring (bicyclic) bond motifs is 1. The monoisotopic (exact) mass is 392 g/mol. The fraction of sp³-hybridized carbons (Fsp3) is 0.889. The van der Waals surface area contributed by atoms with Gasteiger partial charge in [0.1, 0.15) is 18.0 Å². The van der Waals surface area contributed by atoms with Gasteiger partial charge in [-0.25, -0.2) is 0 Å². The molecule has 0 aromatic rings. The maximum Gasteiger partial charge on any atom is 0.135 e. The summed E-state index contributed by atoms with van der Waals surface area (Å²) in [4.78, 5) is 0. The van der Waals surface area contributed by atoms with Gasteiger partial charge in [-0.2, -0.15) is 0 Å². The van der Waals surface area contributed by atoms with Crippen LogP contribution in [0.15, 0.2) is 11.2 Å². The molecule has 0 radical (unpaired) electrons. The molecule has 7 nitrogen and oxygen atoms in total. The molecule has 2 aliphatic heterocycles. The number of aliphatic hydroxyl groups excluding tert-OH is 3. The highest BCUT2D eigenvalue weighted by molar-refractivity contribution is 8.02. The highest BCUT2D eigenvalue weighted by Gasteiger charge is 2.45. The second-order valence-corrected chi connectivity index (χ2v) is 8.71. The molecule has 3 N–H and O–H groups in total. The molecular formula is C18H32O7S. The summed E-state index contributed by atoms with van der Waals surface area (Å²) in [6, 6.07) is 0. The van der Waals surface area contributed by atoms with E-state index in [1.54, 1.807) is 18.7 Å². The van der Waals surface area contributed by atoms with Crippen molar-refractivity contribution < 1.29 is 34.3 Å². The summed E-state index contributed by atoms with van der Waals surface area (Å²) in [6.45, 7) is 5.81. The van der Waals surface area contributed by atoms with Crippen molar-refractivity contribution in [3.05, 3.63) is 11.2 Å². The Balaban J connectivity index is 2.00. The summed E-state index contributed by atoms with van der Waals surface area (Å²) in [5.74, 6) is 1.66. The summed E-state index contributed by atoms with van der Waals surface area (Å²) in [6.07, 6.45) is 0.575. The predicted molar refractivity (Wildman–Crippen MR) is 98.9 cm³/mol. The standard InChI is InChI=1S/C18H32O7S/c1-16(7-20,8-21)9-23-11-18(10-22-5-3-4-19)12-24-15-6-26-14-17(15,2)25-13-18/h6,19-21H,3-5,7-14H2,1-2H3. The summed E-state index contributed by atoms with van der Waals surface area (Å²) >= 11 is 1.68. The first-order chi connectivity index (χ1) is 12.4. The topological polar surface area (TPSA) is 97.6 Å². The Morgan fingerprint density at radius 2 is 1.92 bits per heavy atom. The van der Waals surface area contributed by atoms with Gasteiger partial charge < -0.3 is 34.3 Å². The third kappa shape index (κ3) is 5.58. The minimum atomic E-state index is -0.687. The van der Waals surface area contributed by atoms with E-state index in [0.717, 1.165) is 11.5 Å². The summed E-state index contributed by atoms with van der Waals surface area (Å²) in [7, 11) is 0. The molecule has 2 aliphatic rings. The maximum atomic E-state index is 9.43. The van der Waals surface area contributed by atoms with Crippen LogP contribution in [0.4, 0.5) is 0 Å². The molecule has 1 fully saturated rings. The van der Waals surface area contributed by atoms with E-state index >= 15 is 0 Å². The zero-order valence-electron chi connectivity index (χ0n) is 15.7. The Bertz CT molecular complexity index is 468. The Morgan fingerprint density at radius 1 is 1.19 bits per heavy atom. The van der Waals surface area contributed by atoms with E-state index in [0.29, 0.717) is 39.5 Å². The van der Waals surface area contributed by atoms with Crippen LogP contribution in [0.25, 0.3) is 0 Å². The molecular weight excluding hydrogens is 360 g/mol. The Morgan fingerprint density at radius 3 is 2.62 bits per heavy atom. The SMILES string of the molecule is CC(CO)(CO)COCC1(COCCCO)COC2=CSCC2(C)OC1. The van der Waals surface area contributed by atoms with Crippen LogP contribution in [-0.2, 0) is 18.9 Å². The Hall–Kier alpha value is -0.350. The number of hydrogen-bond acceptors (Lipinski definition) is 8. The van der Waals surface area contributed by atoms with Crippen molar-refractivity contribution in [3.63, 3.8) is 0 Å². The van der Waals surface area contributed by atoms with E-state index in [1.807, 2.05) is 12.3 Å². The molecule has 0 aromatic carbocycles. The van der Waals surface area contributed by atoms with Gasteiger partial charge >= 0.3 is 0 Å². The van der Waals surface area contributed by atoms with Crippen LogP contribution in [0, 0.1) is 10.8 Å². The molecule has 1 saturated heterocycles. The smallest absolute Gasteiger partial charge is 0.135 e. The first-order valence-corrected chi connectivity index (χ1v) is 10.0. The third-order valence-electron chi connectivity index (χ3n) is 4.78. The van der Waals surface area contributed by atoms with E-state index in [-0.39, 0.29) is 26.4 Å². The minimum absolute atomic E-state index is 0.0873. The molecule has 0 amide bonds.